The van der Waals surface area contributed by atoms with E-state index in [1.807, 2.05) is 0 Å². The summed E-state index contributed by atoms with van der Waals surface area (Å²) < 4.78 is 0. The Morgan fingerprint density at radius 2 is 1.89 bits per heavy atom. The Morgan fingerprint density at radius 3 is 2.44 bits per heavy atom. The number of hydrogen-bond donors (Lipinski definition) is 2. The van der Waals surface area contributed by atoms with E-state index < -0.39 is 24.0 Å². The van der Waals surface area contributed by atoms with Crippen LogP contribution in [0.5, 0.6) is 0 Å². The number of nitrogens with zero attached hydrogens (tertiary/aromatic N) is 1. The molecule has 1 saturated heterocycles. The molecular weight excluding hydrogens is 234 g/mol. The molecule has 0 aromatic heterocycles. The van der Waals surface area contributed by atoms with Crippen molar-refractivity contribution in [1.29, 1.82) is 0 Å². The predicted molar refractivity (Wildman–Crippen MR) is 64.2 cm³/mol. The maximum Gasteiger partial charge on any atom is 0.325 e. The molecule has 1 heterocycles. The predicted octanol–water partition coefficient (Wildman–Crippen LogP) is 1.36. The third kappa shape index (κ3) is 2.36. The van der Waals surface area contributed by atoms with E-state index in [2.05, 4.69) is 0 Å². The number of rotatable bonds is 4. The molecule has 1 aromatic carbocycles. The molecule has 0 bridgehead atoms. The van der Waals surface area contributed by atoms with Crippen molar-refractivity contribution in [2.75, 3.05) is 6.54 Å². The minimum absolute atomic E-state index is 0.503. The van der Waals surface area contributed by atoms with Gasteiger partial charge in [-0.3, -0.25) is 14.5 Å². The molecule has 2 N–H and O–H groups in total. The van der Waals surface area contributed by atoms with Gasteiger partial charge in [0.1, 0.15) is 12.1 Å². The van der Waals surface area contributed by atoms with Crippen molar-refractivity contribution in [3.8, 4) is 0 Å². The van der Waals surface area contributed by atoms with Crippen LogP contribution < -0.4 is 0 Å². The quantitative estimate of drug-likeness (QED) is 0.842. The third-order valence-electron chi connectivity index (χ3n) is 3.26. The highest BCUT2D eigenvalue weighted by atomic mass is 16.4. The lowest BCUT2D eigenvalue weighted by molar-refractivity contribution is -0.149. The molecule has 0 aliphatic carbocycles. The Labute approximate surface area is 105 Å². The fraction of sp³-hybridized carbons (Fsp3) is 0.385. The first-order chi connectivity index (χ1) is 8.61. The topological polar surface area (TPSA) is 77.8 Å². The number of benzene rings is 1. The summed E-state index contributed by atoms with van der Waals surface area (Å²) in [7, 11) is 0. The second-order valence-corrected chi connectivity index (χ2v) is 4.39. The first kappa shape index (κ1) is 12.6. The molecule has 5 nitrogen and oxygen atoms in total. The average Bonchev–Trinajstić information content (AvgIpc) is 2.79. The van der Waals surface area contributed by atoms with E-state index in [9.17, 15) is 14.7 Å². The number of likely N-dealkylation sites (tertiary alicyclic amines) is 1. The highest BCUT2D eigenvalue weighted by Gasteiger charge is 2.39. The fourth-order valence-electron chi connectivity index (χ4n) is 2.47. The molecule has 1 aliphatic heterocycles. The van der Waals surface area contributed by atoms with Gasteiger partial charge in [0.15, 0.2) is 0 Å². The zero-order chi connectivity index (χ0) is 13.1. The average molecular weight is 249 g/mol. The van der Waals surface area contributed by atoms with Crippen molar-refractivity contribution in [2.45, 2.75) is 24.9 Å². The van der Waals surface area contributed by atoms with Crippen molar-refractivity contribution >= 4 is 11.9 Å². The zero-order valence-electron chi connectivity index (χ0n) is 9.82. The van der Waals surface area contributed by atoms with Crippen LogP contribution in [-0.4, -0.2) is 39.6 Å². The molecule has 96 valence electrons. The minimum Gasteiger partial charge on any atom is -0.480 e. The molecular formula is C13H15NO4. The third-order valence-corrected chi connectivity index (χ3v) is 3.26. The van der Waals surface area contributed by atoms with Gasteiger partial charge in [-0.25, -0.2) is 0 Å². The summed E-state index contributed by atoms with van der Waals surface area (Å²) in [5.41, 5.74) is 0.623. The lowest BCUT2D eigenvalue weighted by atomic mass is 10.0. The SMILES string of the molecule is O=C(O)[C@H](c1ccccc1)N1CCC[C@H]1C(=O)O. The summed E-state index contributed by atoms with van der Waals surface area (Å²) in [6, 6.07) is 7.18. The standard InChI is InChI=1S/C13H15NO4/c15-12(16)10-7-4-8-14(10)11(13(17)18)9-5-2-1-3-6-9/h1-3,5-6,10-11H,4,7-8H2,(H,15,16)(H,17,18)/t10-,11-/m0/s1. The van der Waals surface area contributed by atoms with Crippen molar-refractivity contribution in [1.82, 2.24) is 4.90 Å². The van der Waals surface area contributed by atoms with Crippen LogP contribution in [0.1, 0.15) is 24.4 Å². The van der Waals surface area contributed by atoms with Crippen LogP contribution in [0.4, 0.5) is 0 Å². The summed E-state index contributed by atoms with van der Waals surface area (Å²) in [6.45, 7) is 0.503. The lowest BCUT2D eigenvalue weighted by Gasteiger charge is -2.28. The monoisotopic (exact) mass is 249 g/mol. The molecule has 0 amide bonds. The Bertz CT molecular complexity index is 446. The Balaban J connectivity index is 2.31. The molecule has 18 heavy (non-hydrogen) atoms. The van der Waals surface area contributed by atoms with Crippen LogP contribution in [0.2, 0.25) is 0 Å². The van der Waals surface area contributed by atoms with E-state index in [1.165, 1.54) is 0 Å². The Hall–Kier alpha value is -1.88. The van der Waals surface area contributed by atoms with E-state index in [4.69, 9.17) is 5.11 Å². The van der Waals surface area contributed by atoms with Crippen LogP contribution in [0.3, 0.4) is 0 Å². The van der Waals surface area contributed by atoms with E-state index in [0.717, 1.165) is 0 Å². The number of carboxylic acids is 2. The smallest absolute Gasteiger partial charge is 0.325 e. The van der Waals surface area contributed by atoms with Gasteiger partial charge in [-0.1, -0.05) is 30.3 Å². The van der Waals surface area contributed by atoms with E-state index >= 15 is 0 Å². The van der Waals surface area contributed by atoms with Gasteiger partial charge in [-0.15, -0.1) is 0 Å². The zero-order valence-corrected chi connectivity index (χ0v) is 9.82. The molecule has 2 rings (SSSR count). The molecule has 1 aromatic rings. The Morgan fingerprint density at radius 1 is 1.22 bits per heavy atom. The first-order valence-electron chi connectivity index (χ1n) is 5.87. The van der Waals surface area contributed by atoms with E-state index in [1.54, 1.807) is 35.2 Å². The van der Waals surface area contributed by atoms with Gasteiger partial charge < -0.3 is 10.2 Å². The van der Waals surface area contributed by atoms with Crippen LogP contribution >= 0.6 is 0 Å². The van der Waals surface area contributed by atoms with Crippen molar-refractivity contribution in [2.24, 2.45) is 0 Å². The van der Waals surface area contributed by atoms with Gasteiger partial charge in [0.25, 0.3) is 0 Å². The maximum absolute atomic E-state index is 11.4. The highest BCUT2D eigenvalue weighted by molar-refractivity contribution is 5.79. The van der Waals surface area contributed by atoms with Gasteiger partial charge in [0, 0.05) is 6.54 Å². The summed E-state index contributed by atoms with van der Waals surface area (Å²) >= 11 is 0. The van der Waals surface area contributed by atoms with Gasteiger partial charge in [-0.05, 0) is 18.4 Å². The van der Waals surface area contributed by atoms with Gasteiger partial charge >= 0.3 is 11.9 Å². The van der Waals surface area contributed by atoms with Crippen LogP contribution in [-0.2, 0) is 9.59 Å². The van der Waals surface area contributed by atoms with Crippen LogP contribution in [0.25, 0.3) is 0 Å². The molecule has 1 aliphatic rings. The molecule has 2 atom stereocenters. The largest absolute Gasteiger partial charge is 0.480 e. The number of hydrogen-bond acceptors (Lipinski definition) is 3. The van der Waals surface area contributed by atoms with Crippen LogP contribution in [0, 0.1) is 0 Å². The van der Waals surface area contributed by atoms with Crippen molar-refractivity contribution in [3.05, 3.63) is 35.9 Å². The van der Waals surface area contributed by atoms with Gasteiger partial charge in [-0.2, -0.15) is 0 Å². The highest BCUT2D eigenvalue weighted by Crippen LogP contribution is 2.29. The number of carboxylic acid groups (broad SMARTS) is 2. The Kier molecular flexibility index (Phi) is 3.62. The molecule has 0 unspecified atom stereocenters. The van der Waals surface area contributed by atoms with Gasteiger partial charge in [0.2, 0.25) is 0 Å². The summed E-state index contributed by atoms with van der Waals surface area (Å²) in [6.07, 6.45) is 1.22. The lowest BCUT2D eigenvalue weighted by Crippen LogP contribution is -2.41. The molecule has 0 saturated carbocycles. The van der Waals surface area contributed by atoms with E-state index in [0.29, 0.717) is 24.9 Å². The second-order valence-electron chi connectivity index (χ2n) is 4.39. The summed E-state index contributed by atoms with van der Waals surface area (Å²) in [5.74, 6) is -1.95. The first-order valence-corrected chi connectivity index (χ1v) is 5.87. The van der Waals surface area contributed by atoms with Crippen molar-refractivity contribution < 1.29 is 19.8 Å². The summed E-state index contributed by atoms with van der Waals surface area (Å²) in [4.78, 5) is 24.1. The molecule has 0 radical (unpaired) electrons. The normalized spacial score (nSPS) is 21.7. The molecule has 0 spiro atoms. The maximum atomic E-state index is 11.4. The summed E-state index contributed by atoms with van der Waals surface area (Å²) in [5, 5.41) is 18.5. The van der Waals surface area contributed by atoms with Crippen LogP contribution in [0.15, 0.2) is 30.3 Å². The minimum atomic E-state index is -1.01. The van der Waals surface area contributed by atoms with Gasteiger partial charge in [0.05, 0.1) is 0 Å². The number of aliphatic carboxylic acids is 2. The van der Waals surface area contributed by atoms with E-state index in [-0.39, 0.29) is 0 Å². The number of carbonyl (C=O) groups is 2. The second kappa shape index (κ2) is 5.18. The molecule has 1 fully saturated rings. The fourth-order valence-corrected chi connectivity index (χ4v) is 2.47. The van der Waals surface area contributed by atoms with Crippen molar-refractivity contribution in [3.63, 3.8) is 0 Å². The molecule has 5 heteroatoms.